The minimum absolute atomic E-state index is 0.0366. The molecule has 7 nitrogen and oxygen atoms in total. The molecule has 2 aromatic rings. The predicted octanol–water partition coefficient (Wildman–Crippen LogP) is 1.07. The molecule has 0 atom stereocenters. The lowest BCUT2D eigenvalue weighted by Gasteiger charge is -2.01. The lowest BCUT2D eigenvalue weighted by molar-refractivity contribution is -0.384. The Balaban J connectivity index is 2.42. The van der Waals surface area contributed by atoms with Gasteiger partial charge in [0.1, 0.15) is 0 Å². The topological polar surface area (TPSA) is 99.9 Å². The van der Waals surface area contributed by atoms with E-state index in [0.717, 1.165) is 0 Å². The van der Waals surface area contributed by atoms with Crippen LogP contribution < -0.4 is 5.73 Å². The SMILES string of the molecule is Cc1c(N)nnn1-c1ccc([N+](=O)[O-])cc1. The van der Waals surface area contributed by atoms with Crippen LogP contribution in [-0.4, -0.2) is 19.9 Å². The Bertz CT molecular complexity index is 531. The summed E-state index contributed by atoms with van der Waals surface area (Å²) in [6.07, 6.45) is 0. The maximum Gasteiger partial charge on any atom is 0.269 e. The molecule has 0 radical (unpaired) electrons. The van der Waals surface area contributed by atoms with Crippen LogP contribution in [0.1, 0.15) is 5.69 Å². The van der Waals surface area contributed by atoms with E-state index in [2.05, 4.69) is 10.3 Å². The van der Waals surface area contributed by atoms with E-state index in [-0.39, 0.29) is 5.69 Å². The first-order valence-electron chi connectivity index (χ1n) is 4.52. The van der Waals surface area contributed by atoms with Gasteiger partial charge in [-0.25, -0.2) is 4.68 Å². The van der Waals surface area contributed by atoms with Crippen molar-refractivity contribution in [2.24, 2.45) is 0 Å². The van der Waals surface area contributed by atoms with Crippen molar-refractivity contribution in [1.82, 2.24) is 15.0 Å². The summed E-state index contributed by atoms with van der Waals surface area (Å²) < 4.78 is 1.53. The number of anilines is 1. The van der Waals surface area contributed by atoms with Crippen LogP contribution in [0.2, 0.25) is 0 Å². The normalized spacial score (nSPS) is 10.3. The highest BCUT2D eigenvalue weighted by molar-refractivity contribution is 5.44. The second kappa shape index (κ2) is 3.61. The van der Waals surface area contributed by atoms with Gasteiger partial charge in [0.2, 0.25) is 0 Å². The van der Waals surface area contributed by atoms with Crippen molar-refractivity contribution >= 4 is 11.5 Å². The van der Waals surface area contributed by atoms with E-state index in [9.17, 15) is 10.1 Å². The van der Waals surface area contributed by atoms with E-state index in [1.165, 1.54) is 16.8 Å². The zero-order valence-electron chi connectivity index (χ0n) is 8.49. The molecule has 1 aromatic carbocycles. The molecule has 2 N–H and O–H groups in total. The van der Waals surface area contributed by atoms with Gasteiger partial charge >= 0.3 is 0 Å². The fourth-order valence-corrected chi connectivity index (χ4v) is 1.30. The first-order chi connectivity index (χ1) is 7.59. The molecular weight excluding hydrogens is 210 g/mol. The third-order valence-corrected chi connectivity index (χ3v) is 2.24. The van der Waals surface area contributed by atoms with E-state index < -0.39 is 4.92 Å². The number of nitrogen functional groups attached to an aromatic ring is 1. The van der Waals surface area contributed by atoms with Crippen LogP contribution in [0.4, 0.5) is 11.5 Å². The van der Waals surface area contributed by atoms with Gasteiger partial charge in [0.05, 0.1) is 16.3 Å². The van der Waals surface area contributed by atoms with Gasteiger partial charge < -0.3 is 5.73 Å². The first-order valence-corrected chi connectivity index (χ1v) is 4.52. The molecule has 0 saturated heterocycles. The smallest absolute Gasteiger partial charge is 0.269 e. The number of aromatic nitrogens is 3. The maximum atomic E-state index is 10.5. The summed E-state index contributed by atoms with van der Waals surface area (Å²) in [6.45, 7) is 1.77. The molecule has 16 heavy (non-hydrogen) atoms. The maximum absolute atomic E-state index is 10.5. The summed E-state index contributed by atoms with van der Waals surface area (Å²) in [5, 5.41) is 18.0. The highest BCUT2D eigenvalue weighted by atomic mass is 16.6. The van der Waals surface area contributed by atoms with Crippen LogP contribution in [0.25, 0.3) is 5.69 Å². The van der Waals surface area contributed by atoms with Gasteiger partial charge in [-0.3, -0.25) is 10.1 Å². The molecule has 1 aromatic heterocycles. The van der Waals surface area contributed by atoms with Crippen molar-refractivity contribution < 1.29 is 4.92 Å². The highest BCUT2D eigenvalue weighted by Gasteiger charge is 2.09. The molecule has 0 bridgehead atoms. The molecule has 0 fully saturated rings. The Hall–Kier alpha value is -2.44. The molecule has 0 aliphatic rings. The fraction of sp³-hybridized carbons (Fsp3) is 0.111. The number of benzene rings is 1. The summed E-state index contributed by atoms with van der Waals surface area (Å²) >= 11 is 0. The molecular formula is C9H9N5O2. The number of non-ortho nitro benzene ring substituents is 1. The zero-order chi connectivity index (χ0) is 11.7. The minimum Gasteiger partial charge on any atom is -0.381 e. The number of hydrogen-bond donors (Lipinski definition) is 1. The average Bonchev–Trinajstić information content (AvgIpc) is 2.60. The number of rotatable bonds is 2. The number of nitrogens with zero attached hydrogens (tertiary/aromatic N) is 4. The van der Waals surface area contributed by atoms with Gasteiger partial charge in [-0.15, -0.1) is 5.10 Å². The number of nitro groups is 1. The average molecular weight is 219 g/mol. The van der Waals surface area contributed by atoms with Gasteiger partial charge in [-0.1, -0.05) is 5.21 Å². The van der Waals surface area contributed by atoms with E-state index in [4.69, 9.17) is 5.73 Å². The Labute approximate surface area is 90.6 Å². The molecule has 0 aliphatic heterocycles. The monoisotopic (exact) mass is 219 g/mol. The largest absolute Gasteiger partial charge is 0.381 e. The van der Waals surface area contributed by atoms with E-state index in [1.807, 2.05) is 0 Å². The summed E-state index contributed by atoms with van der Waals surface area (Å²) in [4.78, 5) is 10.0. The van der Waals surface area contributed by atoms with Crippen LogP contribution >= 0.6 is 0 Å². The van der Waals surface area contributed by atoms with Crippen LogP contribution in [0.3, 0.4) is 0 Å². The lowest BCUT2D eigenvalue weighted by Crippen LogP contribution is -1.99. The Kier molecular flexibility index (Phi) is 2.28. The number of nitrogens with two attached hydrogens (primary N) is 1. The molecule has 1 heterocycles. The van der Waals surface area contributed by atoms with E-state index in [1.54, 1.807) is 19.1 Å². The van der Waals surface area contributed by atoms with Crippen molar-refractivity contribution in [3.63, 3.8) is 0 Å². The van der Waals surface area contributed by atoms with Gasteiger partial charge in [0.25, 0.3) is 5.69 Å². The minimum atomic E-state index is -0.452. The van der Waals surface area contributed by atoms with Crippen molar-refractivity contribution in [2.75, 3.05) is 5.73 Å². The van der Waals surface area contributed by atoms with Crippen LogP contribution in [0, 0.1) is 17.0 Å². The van der Waals surface area contributed by atoms with Crippen LogP contribution in [0.5, 0.6) is 0 Å². The molecule has 82 valence electrons. The zero-order valence-corrected chi connectivity index (χ0v) is 8.49. The summed E-state index contributed by atoms with van der Waals surface area (Å²) in [5.74, 6) is 0.346. The Morgan fingerprint density at radius 2 is 2.00 bits per heavy atom. The van der Waals surface area contributed by atoms with Crippen molar-refractivity contribution in [3.05, 3.63) is 40.1 Å². The quantitative estimate of drug-likeness (QED) is 0.601. The molecule has 0 spiro atoms. The molecule has 0 saturated carbocycles. The van der Waals surface area contributed by atoms with Gasteiger partial charge in [-0.05, 0) is 19.1 Å². The Morgan fingerprint density at radius 3 is 2.44 bits per heavy atom. The molecule has 0 aliphatic carbocycles. The van der Waals surface area contributed by atoms with Gasteiger partial charge in [-0.2, -0.15) is 0 Å². The molecule has 2 rings (SSSR count). The summed E-state index contributed by atoms with van der Waals surface area (Å²) in [7, 11) is 0. The standard InChI is InChI=1S/C9H9N5O2/c1-6-9(10)11-12-13(6)7-2-4-8(5-3-7)14(15)16/h2-5H,10H2,1H3. The predicted molar refractivity (Wildman–Crippen MR) is 57.2 cm³/mol. The van der Waals surface area contributed by atoms with E-state index in [0.29, 0.717) is 17.2 Å². The van der Waals surface area contributed by atoms with Gasteiger partial charge in [0, 0.05) is 12.1 Å². The molecule has 7 heteroatoms. The second-order valence-electron chi connectivity index (χ2n) is 3.25. The van der Waals surface area contributed by atoms with Crippen molar-refractivity contribution in [2.45, 2.75) is 6.92 Å². The number of nitro benzene ring substituents is 1. The Morgan fingerprint density at radius 1 is 1.38 bits per heavy atom. The van der Waals surface area contributed by atoms with E-state index >= 15 is 0 Å². The third-order valence-electron chi connectivity index (χ3n) is 2.24. The second-order valence-corrected chi connectivity index (χ2v) is 3.25. The van der Waals surface area contributed by atoms with Gasteiger partial charge in [0.15, 0.2) is 5.82 Å². The summed E-state index contributed by atoms with van der Waals surface area (Å²) in [6, 6.07) is 6.01. The van der Waals surface area contributed by atoms with Crippen LogP contribution in [-0.2, 0) is 0 Å². The third kappa shape index (κ3) is 1.58. The fourth-order valence-electron chi connectivity index (χ4n) is 1.30. The molecule has 0 unspecified atom stereocenters. The summed E-state index contributed by atoms with van der Waals surface area (Å²) in [5.41, 5.74) is 6.98. The van der Waals surface area contributed by atoms with Crippen molar-refractivity contribution in [1.29, 1.82) is 0 Å². The van der Waals surface area contributed by atoms with Crippen LogP contribution in [0.15, 0.2) is 24.3 Å². The highest BCUT2D eigenvalue weighted by Crippen LogP contribution is 2.17. The molecule has 0 amide bonds. The first kappa shape index (κ1) is 10.1. The lowest BCUT2D eigenvalue weighted by atomic mass is 10.3. The van der Waals surface area contributed by atoms with Crippen molar-refractivity contribution in [3.8, 4) is 5.69 Å². The number of hydrogen-bond acceptors (Lipinski definition) is 5.